The van der Waals surface area contributed by atoms with Gasteiger partial charge in [-0.2, -0.15) is 5.10 Å². The molecule has 149 valence electrons. The van der Waals surface area contributed by atoms with E-state index in [1.807, 2.05) is 24.3 Å². The Balaban J connectivity index is 1.79. The van der Waals surface area contributed by atoms with Crippen LogP contribution in [0.3, 0.4) is 0 Å². The van der Waals surface area contributed by atoms with Crippen molar-refractivity contribution in [1.29, 1.82) is 0 Å². The average molecular weight is 445 g/mol. The van der Waals surface area contributed by atoms with Crippen LogP contribution in [0.1, 0.15) is 23.2 Å². The first-order valence-corrected chi connectivity index (χ1v) is 10.4. The molecule has 1 aliphatic carbocycles. The molecule has 0 unspecified atom stereocenters. The molecule has 0 saturated heterocycles. The number of methoxy groups -OCH3 is 2. The maximum atomic E-state index is 6.68. The van der Waals surface area contributed by atoms with E-state index in [9.17, 15) is 0 Å². The highest BCUT2D eigenvalue weighted by Gasteiger charge is 2.39. The zero-order valence-electron chi connectivity index (χ0n) is 16.1. The summed E-state index contributed by atoms with van der Waals surface area (Å²) in [6.07, 6.45) is 2.19. The van der Waals surface area contributed by atoms with E-state index < -0.39 is 5.04 Å². The lowest BCUT2D eigenvalue weighted by Gasteiger charge is -2.36. The Labute approximate surface area is 182 Å². The molecule has 3 N–H and O–H groups in total. The second-order valence-electron chi connectivity index (χ2n) is 7.16. The maximum Gasteiger partial charge on any atom is 0.141 e. The number of nitrogens with two attached hydrogens (primary N) is 1. The molecule has 0 bridgehead atoms. The number of aromatic amines is 1. The van der Waals surface area contributed by atoms with Gasteiger partial charge in [0.1, 0.15) is 11.5 Å². The van der Waals surface area contributed by atoms with Crippen LogP contribution in [0.2, 0.25) is 10.0 Å². The Morgan fingerprint density at radius 2 is 1.79 bits per heavy atom. The van der Waals surface area contributed by atoms with Crippen molar-refractivity contribution in [3.63, 3.8) is 0 Å². The standard InChI is InChI=1S/C21H20Cl2N3O2Si/c1-27-15-9-16(28-2)19(23)17(18(15)22)21(29)8-7-12-14(10-21)25-26-20(12)11-5-3-4-6-13(11)24/h3-6,9H,7-8,10,24H2,1-2H3,(H,25,26)/t21-/m0/s1. The lowest BCUT2D eigenvalue weighted by Crippen LogP contribution is -2.34. The van der Waals surface area contributed by atoms with Crippen LogP contribution >= 0.6 is 23.2 Å². The molecule has 0 saturated carbocycles. The van der Waals surface area contributed by atoms with E-state index >= 15 is 0 Å². The summed E-state index contributed by atoms with van der Waals surface area (Å²) < 4.78 is 10.9. The van der Waals surface area contributed by atoms with Gasteiger partial charge in [-0.05, 0) is 35.9 Å². The van der Waals surface area contributed by atoms with Crippen LogP contribution in [0.5, 0.6) is 11.5 Å². The Bertz CT molecular complexity index is 1060. The van der Waals surface area contributed by atoms with E-state index in [-0.39, 0.29) is 0 Å². The van der Waals surface area contributed by atoms with Crippen molar-refractivity contribution in [3.05, 3.63) is 57.2 Å². The van der Waals surface area contributed by atoms with Gasteiger partial charge in [-0.3, -0.25) is 5.10 Å². The zero-order valence-corrected chi connectivity index (χ0v) is 18.6. The number of H-pyrrole nitrogens is 1. The SMILES string of the molecule is COc1cc(OC)c(Cl)c([C@]2([Si])CCc3c(-c4ccccc4N)n[nH]c3C2)c1Cl. The summed E-state index contributed by atoms with van der Waals surface area (Å²) in [5, 5.41) is 8.21. The highest BCUT2D eigenvalue weighted by Crippen LogP contribution is 2.49. The molecular formula is C21H20Cl2N3O2Si. The zero-order chi connectivity index (χ0) is 20.8. The minimum atomic E-state index is -0.491. The van der Waals surface area contributed by atoms with Crippen molar-refractivity contribution >= 4 is 39.1 Å². The fourth-order valence-electron chi connectivity index (χ4n) is 4.00. The van der Waals surface area contributed by atoms with E-state index in [1.54, 1.807) is 20.3 Å². The van der Waals surface area contributed by atoms with Gasteiger partial charge in [0.2, 0.25) is 0 Å². The largest absolute Gasteiger partial charge is 0.495 e. The van der Waals surface area contributed by atoms with Gasteiger partial charge in [0.25, 0.3) is 0 Å². The topological polar surface area (TPSA) is 73.2 Å². The third-order valence-corrected chi connectivity index (χ3v) is 6.93. The Morgan fingerprint density at radius 1 is 1.14 bits per heavy atom. The predicted octanol–water partition coefficient (Wildman–Crippen LogP) is 4.54. The number of aromatic nitrogens is 2. The monoisotopic (exact) mass is 444 g/mol. The van der Waals surface area contributed by atoms with E-state index in [2.05, 4.69) is 20.4 Å². The molecular weight excluding hydrogens is 425 g/mol. The summed E-state index contributed by atoms with van der Waals surface area (Å²) in [5.74, 6) is 1.04. The molecule has 0 fully saturated rings. The number of fused-ring (bicyclic) bond motifs is 1. The van der Waals surface area contributed by atoms with Gasteiger partial charge in [-0.1, -0.05) is 41.4 Å². The first-order chi connectivity index (χ1) is 13.9. The van der Waals surface area contributed by atoms with Crippen molar-refractivity contribution in [2.24, 2.45) is 0 Å². The minimum absolute atomic E-state index is 0.476. The van der Waals surface area contributed by atoms with Gasteiger partial charge in [-0.25, -0.2) is 0 Å². The second kappa shape index (κ2) is 7.59. The van der Waals surface area contributed by atoms with Crippen LogP contribution in [-0.4, -0.2) is 34.7 Å². The fourth-order valence-corrected chi connectivity index (χ4v) is 5.57. The van der Waals surface area contributed by atoms with E-state index in [1.165, 1.54) is 5.56 Å². The molecule has 1 aromatic heterocycles. The molecule has 0 spiro atoms. The molecule has 0 aliphatic heterocycles. The molecule has 5 nitrogen and oxygen atoms in total. The smallest absolute Gasteiger partial charge is 0.141 e. The number of nitrogens with one attached hydrogen (secondary N) is 1. The van der Waals surface area contributed by atoms with Crippen LogP contribution in [0, 0.1) is 0 Å². The van der Waals surface area contributed by atoms with Crippen LogP contribution in [0.25, 0.3) is 11.3 Å². The predicted molar refractivity (Wildman–Crippen MR) is 117 cm³/mol. The molecule has 1 atom stereocenters. The van der Waals surface area contributed by atoms with Gasteiger partial charge in [0.05, 0.1) is 30.0 Å². The summed E-state index contributed by atoms with van der Waals surface area (Å²) in [7, 11) is 7.14. The number of anilines is 1. The summed E-state index contributed by atoms with van der Waals surface area (Å²) in [4.78, 5) is 0. The normalized spacial score (nSPS) is 18.4. The highest BCUT2D eigenvalue weighted by molar-refractivity contribution is 6.39. The quantitative estimate of drug-likeness (QED) is 0.457. The number of nitrogens with zero attached hydrogens (tertiary/aromatic N) is 1. The molecule has 8 heteroatoms. The van der Waals surface area contributed by atoms with Crippen molar-refractivity contribution in [3.8, 4) is 22.8 Å². The molecule has 3 aromatic rings. The number of hydrogen-bond donors (Lipinski definition) is 2. The summed E-state index contributed by atoms with van der Waals surface area (Å²) in [6.45, 7) is 0. The number of rotatable bonds is 4. The molecule has 1 aliphatic rings. The average Bonchev–Trinajstić information content (AvgIpc) is 3.11. The minimum Gasteiger partial charge on any atom is -0.495 e. The van der Waals surface area contributed by atoms with E-state index in [4.69, 9.17) is 38.4 Å². The summed E-state index contributed by atoms with van der Waals surface area (Å²) in [5.41, 5.74) is 11.7. The van der Waals surface area contributed by atoms with Crippen molar-refractivity contribution in [2.45, 2.75) is 24.3 Å². The number of benzene rings is 2. The summed E-state index contributed by atoms with van der Waals surface area (Å²) in [6, 6.07) is 9.45. The third kappa shape index (κ3) is 3.29. The Morgan fingerprint density at radius 3 is 2.41 bits per heavy atom. The van der Waals surface area contributed by atoms with Gasteiger partial charge >= 0.3 is 0 Å². The number of para-hydroxylation sites is 1. The van der Waals surface area contributed by atoms with E-state index in [0.29, 0.717) is 33.7 Å². The Hall–Kier alpha value is -2.15. The molecule has 0 amide bonds. The van der Waals surface area contributed by atoms with Crippen molar-refractivity contribution in [2.75, 3.05) is 20.0 Å². The number of nitrogen functional groups attached to an aromatic ring is 1. The number of ether oxygens (including phenoxy) is 2. The number of hydrogen-bond acceptors (Lipinski definition) is 4. The molecule has 29 heavy (non-hydrogen) atoms. The molecule has 3 radical (unpaired) electrons. The highest BCUT2D eigenvalue weighted by atomic mass is 35.5. The van der Waals surface area contributed by atoms with Crippen molar-refractivity contribution in [1.82, 2.24) is 10.2 Å². The molecule has 1 heterocycles. The first-order valence-electron chi connectivity index (χ1n) is 9.16. The second-order valence-corrected chi connectivity index (χ2v) is 8.87. The van der Waals surface area contributed by atoms with E-state index in [0.717, 1.165) is 35.4 Å². The number of halogens is 2. The van der Waals surface area contributed by atoms with Crippen LogP contribution in [-0.2, 0) is 17.9 Å². The van der Waals surface area contributed by atoms with Gasteiger partial charge < -0.3 is 15.2 Å². The van der Waals surface area contributed by atoms with Gasteiger partial charge in [-0.15, -0.1) is 0 Å². The maximum absolute atomic E-state index is 6.68. The lowest BCUT2D eigenvalue weighted by molar-refractivity contribution is 0.390. The van der Waals surface area contributed by atoms with Crippen LogP contribution in [0.15, 0.2) is 30.3 Å². The van der Waals surface area contributed by atoms with Crippen molar-refractivity contribution < 1.29 is 9.47 Å². The van der Waals surface area contributed by atoms with Gasteiger partial charge in [0.15, 0.2) is 0 Å². The van der Waals surface area contributed by atoms with Gasteiger partial charge in [0, 0.05) is 38.8 Å². The fraction of sp³-hybridized carbons (Fsp3) is 0.286. The third-order valence-electron chi connectivity index (χ3n) is 5.50. The Kier molecular flexibility index (Phi) is 5.27. The summed E-state index contributed by atoms with van der Waals surface area (Å²) >= 11 is 13.4. The first kappa shape index (κ1) is 20.1. The lowest BCUT2D eigenvalue weighted by atomic mass is 9.80. The van der Waals surface area contributed by atoms with Crippen LogP contribution in [0.4, 0.5) is 5.69 Å². The molecule has 4 rings (SSSR count). The molecule has 2 aromatic carbocycles. The van der Waals surface area contributed by atoms with Crippen LogP contribution < -0.4 is 15.2 Å².